The van der Waals surface area contributed by atoms with E-state index in [1.54, 1.807) is 65.7 Å². The SMILES string of the molecule is COc1cc(C(=O)N2CCO[C@H](C)C2)ccc1Nc1ncc(-c2ccc(C#N)c(O[C@@H](C)Cn3cncn3)c2)cn1. The monoisotopic (exact) mass is 554 g/mol. The zero-order chi connectivity index (χ0) is 28.8. The lowest BCUT2D eigenvalue weighted by atomic mass is 10.1. The Kier molecular flexibility index (Phi) is 8.36. The molecule has 1 N–H and O–H groups in total. The van der Waals surface area contributed by atoms with Gasteiger partial charge in [0, 0.05) is 36.6 Å². The molecule has 1 saturated heterocycles. The van der Waals surface area contributed by atoms with E-state index in [2.05, 4.69) is 31.4 Å². The van der Waals surface area contributed by atoms with Crippen molar-refractivity contribution in [2.24, 2.45) is 0 Å². The molecular weight excluding hydrogens is 524 g/mol. The Morgan fingerprint density at radius 2 is 2.02 bits per heavy atom. The lowest BCUT2D eigenvalue weighted by molar-refractivity contribution is -0.0124. The van der Waals surface area contributed by atoms with Crippen molar-refractivity contribution in [2.75, 3.05) is 32.1 Å². The van der Waals surface area contributed by atoms with Crippen LogP contribution in [0.5, 0.6) is 11.5 Å². The van der Waals surface area contributed by atoms with Crippen LogP contribution in [0.2, 0.25) is 0 Å². The summed E-state index contributed by atoms with van der Waals surface area (Å²) in [6.07, 6.45) is 6.21. The normalized spacial score (nSPS) is 15.6. The van der Waals surface area contributed by atoms with Gasteiger partial charge in [-0.15, -0.1) is 0 Å². The fourth-order valence-corrected chi connectivity index (χ4v) is 4.51. The number of rotatable bonds is 9. The number of hydrogen-bond acceptors (Lipinski definition) is 10. The van der Waals surface area contributed by atoms with E-state index in [-0.39, 0.29) is 18.1 Å². The number of anilines is 2. The van der Waals surface area contributed by atoms with Crippen LogP contribution in [0.25, 0.3) is 11.1 Å². The molecule has 5 rings (SSSR count). The molecule has 0 saturated carbocycles. The van der Waals surface area contributed by atoms with E-state index in [4.69, 9.17) is 14.2 Å². The summed E-state index contributed by atoms with van der Waals surface area (Å²) in [5.41, 5.74) is 3.14. The third kappa shape index (κ3) is 6.59. The number of morpholine rings is 1. The highest BCUT2D eigenvalue weighted by Gasteiger charge is 2.23. The fraction of sp³-hybridized carbons (Fsp3) is 0.310. The third-order valence-electron chi connectivity index (χ3n) is 6.55. The fourth-order valence-electron chi connectivity index (χ4n) is 4.51. The van der Waals surface area contributed by atoms with Gasteiger partial charge in [0.1, 0.15) is 36.3 Å². The van der Waals surface area contributed by atoms with Crippen molar-refractivity contribution in [2.45, 2.75) is 32.6 Å². The summed E-state index contributed by atoms with van der Waals surface area (Å²) in [5, 5.41) is 16.8. The molecule has 2 atom stereocenters. The van der Waals surface area contributed by atoms with E-state index in [9.17, 15) is 10.1 Å². The molecule has 2 aromatic heterocycles. The van der Waals surface area contributed by atoms with Gasteiger partial charge in [0.2, 0.25) is 5.95 Å². The molecule has 1 aliphatic rings. The molecule has 4 aromatic rings. The molecule has 0 bridgehead atoms. The maximum absolute atomic E-state index is 13.0. The molecule has 12 nitrogen and oxygen atoms in total. The summed E-state index contributed by atoms with van der Waals surface area (Å²) in [7, 11) is 1.55. The predicted octanol–water partition coefficient (Wildman–Crippen LogP) is 3.69. The predicted molar refractivity (Wildman–Crippen MR) is 150 cm³/mol. The molecule has 210 valence electrons. The van der Waals surface area contributed by atoms with Crippen LogP contribution in [0.3, 0.4) is 0 Å². The molecule has 41 heavy (non-hydrogen) atoms. The van der Waals surface area contributed by atoms with Gasteiger partial charge in [-0.25, -0.2) is 19.6 Å². The van der Waals surface area contributed by atoms with E-state index >= 15 is 0 Å². The number of carbonyl (C=O) groups is 1. The Bertz CT molecular complexity index is 1540. The first-order valence-corrected chi connectivity index (χ1v) is 13.1. The van der Waals surface area contributed by atoms with E-state index < -0.39 is 0 Å². The number of hydrogen-bond donors (Lipinski definition) is 1. The number of nitrogens with one attached hydrogen (secondary N) is 1. The lowest BCUT2D eigenvalue weighted by Crippen LogP contribution is -2.44. The molecule has 2 aromatic carbocycles. The Labute approximate surface area is 237 Å². The maximum atomic E-state index is 13.0. The minimum absolute atomic E-state index is 0.00744. The molecule has 3 heterocycles. The van der Waals surface area contributed by atoms with Crippen LogP contribution in [0, 0.1) is 11.3 Å². The number of amides is 1. The van der Waals surface area contributed by atoms with Crippen molar-refractivity contribution in [3.05, 3.63) is 72.6 Å². The zero-order valence-corrected chi connectivity index (χ0v) is 23.0. The maximum Gasteiger partial charge on any atom is 0.254 e. The van der Waals surface area contributed by atoms with Gasteiger partial charge >= 0.3 is 0 Å². The highest BCUT2D eigenvalue weighted by Crippen LogP contribution is 2.30. The summed E-state index contributed by atoms with van der Waals surface area (Å²) in [6.45, 7) is 5.98. The Hall–Kier alpha value is -5.02. The molecule has 0 unspecified atom stereocenters. The smallest absolute Gasteiger partial charge is 0.254 e. The highest BCUT2D eigenvalue weighted by molar-refractivity contribution is 5.95. The largest absolute Gasteiger partial charge is 0.495 e. The lowest BCUT2D eigenvalue weighted by Gasteiger charge is -2.31. The third-order valence-corrected chi connectivity index (χ3v) is 6.55. The van der Waals surface area contributed by atoms with Crippen molar-refractivity contribution in [1.29, 1.82) is 5.26 Å². The second-order valence-corrected chi connectivity index (χ2v) is 9.64. The second kappa shape index (κ2) is 12.4. The van der Waals surface area contributed by atoms with Crippen LogP contribution in [-0.4, -0.2) is 74.6 Å². The summed E-state index contributed by atoms with van der Waals surface area (Å²) >= 11 is 0. The Morgan fingerprint density at radius 1 is 1.20 bits per heavy atom. The average Bonchev–Trinajstić information content (AvgIpc) is 3.50. The molecule has 1 aliphatic heterocycles. The van der Waals surface area contributed by atoms with Crippen LogP contribution in [0.15, 0.2) is 61.4 Å². The van der Waals surface area contributed by atoms with Gasteiger partial charge in [-0.2, -0.15) is 10.4 Å². The van der Waals surface area contributed by atoms with Crippen LogP contribution in [-0.2, 0) is 11.3 Å². The number of nitrogens with zero attached hydrogens (tertiary/aromatic N) is 7. The van der Waals surface area contributed by atoms with Gasteiger partial charge in [-0.3, -0.25) is 4.79 Å². The minimum Gasteiger partial charge on any atom is -0.495 e. The summed E-state index contributed by atoms with van der Waals surface area (Å²) in [4.78, 5) is 27.6. The number of nitriles is 1. The van der Waals surface area contributed by atoms with Gasteiger partial charge < -0.3 is 24.4 Å². The number of aromatic nitrogens is 5. The number of ether oxygens (including phenoxy) is 3. The topological polar surface area (TPSA) is 140 Å². The average molecular weight is 555 g/mol. The van der Waals surface area contributed by atoms with Crippen molar-refractivity contribution in [3.8, 4) is 28.7 Å². The quantitative estimate of drug-likeness (QED) is 0.326. The zero-order valence-electron chi connectivity index (χ0n) is 23.0. The number of carbonyl (C=O) groups excluding carboxylic acids is 1. The van der Waals surface area contributed by atoms with Crippen molar-refractivity contribution in [1.82, 2.24) is 29.6 Å². The van der Waals surface area contributed by atoms with E-state index in [1.165, 1.54) is 6.33 Å². The highest BCUT2D eigenvalue weighted by atomic mass is 16.5. The van der Waals surface area contributed by atoms with Gasteiger partial charge in [0.15, 0.2) is 0 Å². The molecule has 12 heteroatoms. The number of methoxy groups -OCH3 is 1. The molecule has 1 amide bonds. The van der Waals surface area contributed by atoms with E-state index in [0.717, 1.165) is 11.1 Å². The molecule has 0 radical (unpaired) electrons. The summed E-state index contributed by atoms with van der Waals surface area (Å²) in [6, 6.07) is 12.8. The Morgan fingerprint density at radius 3 is 2.73 bits per heavy atom. The van der Waals surface area contributed by atoms with Crippen LogP contribution >= 0.6 is 0 Å². The van der Waals surface area contributed by atoms with Gasteiger partial charge in [0.25, 0.3) is 5.91 Å². The standard InChI is InChI=1S/C29H30N8O4/c1-19-15-36(8-9-40-19)28(38)22-6-7-25(27(11-22)39-3)35-29-32-13-24(14-33-29)21-4-5-23(12-30)26(10-21)41-20(2)16-37-18-31-17-34-37/h4-7,10-11,13-14,17-20H,8-9,15-16H2,1-3H3,(H,32,33,35)/t19-,20+/m1/s1. The molecule has 0 spiro atoms. The molecule has 0 aliphatic carbocycles. The van der Waals surface area contributed by atoms with Crippen LogP contribution in [0.1, 0.15) is 29.8 Å². The van der Waals surface area contributed by atoms with Crippen LogP contribution < -0.4 is 14.8 Å². The number of benzene rings is 2. The first-order chi connectivity index (χ1) is 19.9. The second-order valence-electron chi connectivity index (χ2n) is 9.64. The Balaban J connectivity index is 1.28. The first-order valence-electron chi connectivity index (χ1n) is 13.1. The van der Waals surface area contributed by atoms with Crippen molar-refractivity contribution >= 4 is 17.5 Å². The van der Waals surface area contributed by atoms with Gasteiger partial charge in [-0.05, 0) is 49.7 Å². The van der Waals surface area contributed by atoms with E-state index in [0.29, 0.717) is 60.5 Å². The van der Waals surface area contributed by atoms with Gasteiger partial charge in [-0.1, -0.05) is 6.07 Å². The van der Waals surface area contributed by atoms with Crippen molar-refractivity contribution in [3.63, 3.8) is 0 Å². The molecule has 1 fully saturated rings. The first kappa shape index (κ1) is 27.5. The van der Waals surface area contributed by atoms with Crippen molar-refractivity contribution < 1.29 is 19.0 Å². The summed E-state index contributed by atoms with van der Waals surface area (Å²) < 4.78 is 18.8. The molecular formula is C29H30N8O4. The minimum atomic E-state index is -0.240. The summed E-state index contributed by atoms with van der Waals surface area (Å²) in [5.74, 6) is 1.26. The van der Waals surface area contributed by atoms with Gasteiger partial charge in [0.05, 0.1) is 37.6 Å². The van der Waals surface area contributed by atoms with Crippen LogP contribution in [0.4, 0.5) is 11.6 Å². The van der Waals surface area contributed by atoms with E-state index in [1.807, 2.05) is 19.9 Å².